The van der Waals surface area contributed by atoms with Crippen LogP contribution in [0.1, 0.15) is 49.4 Å². The van der Waals surface area contributed by atoms with Crippen LogP contribution in [0.5, 0.6) is 0 Å². The van der Waals surface area contributed by atoms with E-state index in [1.165, 1.54) is 36.1 Å². The largest absolute Gasteiger partial charge is 0.329 e. The summed E-state index contributed by atoms with van der Waals surface area (Å²) >= 11 is 0. The van der Waals surface area contributed by atoms with Crippen LogP contribution >= 0.6 is 0 Å². The zero-order valence-electron chi connectivity index (χ0n) is 12.8. The van der Waals surface area contributed by atoms with Crippen LogP contribution in [-0.4, -0.2) is 24.0 Å². The fourth-order valence-electron chi connectivity index (χ4n) is 3.32. The van der Waals surface area contributed by atoms with Crippen LogP contribution in [0.2, 0.25) is 0 Å². The van der Waals surface area contributed by atoms with Gasteiger partial charge in [-0.25, -0.2) is 0 Å². The van der Waals surface area contributed by atoms with Gasteiger partial charge in [-0.05, 0) is 62.8 Å². The number of hydrogen-bond donors (Lipinski definition) is 1. The van der Waals surface area contributed by atoms with Gasteiger partial charge in [0.25, 0.3) is 0 Å². The predicted octanol–water partition coefficient (Wildman–Crippen LogP) is 3.42. The highest BCUT2D eigenvalue weighted by Crippen LogP contribution is 2.31. The van der Waals surface area contributed by atoms with Crippen molar-refractivity contribution in [2.75, 3.05) is 13.1 Å². The summed E-state index contributed by atoms with van der Waals surface area (Å²) in [7, 11) is 0. The molecule has 0 amide bonds. The average Bonchev–Trinajstić information content (AvgIpc) is 2.37. The number of nitrogens with zero attached hydrogens (tertiary/aromatic N) is 1. The normalized spacial score (nSPS) is 26.4. The first-order valence-electron chi connectivity index (χ1n) is 7.56. The van der Waals surface area contributed by atoms with Gasteiger partial charge >= 0.3 is 0 Å². The second kappa shape index (κ2) is 6.06. The standard InChI is InChI=1S/C17H28N2/c1-12-7-8-19(15(4)9-12)17(11-18)16-6-5-13(2)14(3)10-16/h5-6,10,12,15,17H,7-9,11,18H2,1-4H3. The first-order chi connectivity index (χ1) is 9.02. The molecule has 19 heavy (non-hydrogen) atoms. The number of piperidine rings is 1. The maximum atomic E-state index is 6.08. The van der Waals surface area contributed by atoms with E-state index in [-0.39, 0.29) is 0 Å². The van der Waals surface area contributed by atoms with Gasteiger partial charge in [0.1, 0.15) is 0 Å². The molecule has 1 fully saturated rings. The third kappa shape index (κ3) is 3.18. The van der Waals surface area contributed by atoms with Crippen molar-refractivity contribution in [3.63, 3.8) is 0 Å². The molecule has 0 spiro atoms. The first-order valence-corrected chi connectivity index (χ1v) is 7.56. The van der Waals surface area contributed by atoms with Gasteiger partial charge in [0.15, 0.2) is 0 Å². The molecule has 1 aromatic carbocycles. The van der Waals surface area contributed by atoms with Crippen molar-refractivity contribution in [3.05, 3.63) is 34.9 Å². The molecule has 0 aliphatic carbocycles. The minimum Gasteiger partial charge on any atom is -0.329 e. The maximum absolute atomic E-state index is 6.08. The van der Waals surface area contributed by atoms with Gasteiger partial charge in [0.2, 0.25) is 0 Å². The van der Waals surface area contributed by atoms with Crippen LogP contribution in [0.25, 0.3) is 0 Å². The van der Waals surface area contributed by atoms with Gasteiger partial charge in [0, 0.05) is 18.6 Å². The van der Waals surface area contributed by atoms with Crippen LogP contribution in [0, 0.1) is 19.8 Å². The SMILES string of the molecule is Cc1ccc(C(CN)N2CCC(C)CC2C)cc1C. The quantitative estimate of drug-likeness (QED) is 0.902. The predicted molar refractivity (Wildman–Crippen MR) is 82.3 cm³/mol. The molecule has 0 radical (unpaired) electrons. The summed E-state index contributed by atoms with van der Waals surface area (Å²) in [6.07, 6.45) is 2.59. The van der Waals surface area contributed by atoms with E-state index in [0.29, 0.717) is 18.6 Å². The van der Waals surface area contributed by atoms with Gasteiger partial charge < -0.3 is 5.73 Å². The molecule has 2 rings (SSSR count). The number of hydrogen-bond acceptors (Lipinski definition) is 2. The molecule has 0 aromatic heterocycles. The van der Waals surface area contributed by atoms with E-state index in [9.17, 15) is 0 Å². The lowest BCUT2D eigenvalue weighted by atomic mass is 9.90. The van der Waals surface area contributed by atoms with Crippen molar-refractivity contribution in [1.82, 2.24) is 4.90 Å². The van der Waals surface area contributed by atoms with Crippen molar-refractivity contribution < 1.29 is 0 Å². The summed E-state index contributed by atoms with van der Waals surface area (Å²) in [5.41, 5.74) is 10.2. The summed E-state index contributed by atoms with van der Waals surface area (Å²) in [4.78, 5) is 2.60. The van der Waals surface area contributed by atoms with Gasteiger partial charge in [-0.3, -0.25) is 4.90 Å². The second-order valence-electron chi connectivity index (χ2n) is 6.31. The minimum atomic E-state index is 0.377. The van der Waals surface area contributed by atoms with E-state index in [1.54, 1.807) is 0 Å². The van der Waals surface area contributed by atoms with Crippen LogP contribution in [0.15, 0.2) is 18.2 Å². The van der Waals surface area contributed by atoms with E-state index < -0.39 is 0 Å². The summed E-state index contributed by atoms with van der Waals surface area (Å²) in [5, 5.41) is 0. The van der Waals surface area contributed by atoms with E-state index >= 15 is 0 Å². The summed E-state index contributed by atoms with van der Waals surface area (Å²) in [6, 6.07) is 7.81. The van der Waals surface area contributed by atoms with Gasteiger partial charge in [0.05, 0.1) is 0 Å². The van der Waals surface area contributed by atoms with Crippen LogP contribution in [-0.2, 0) is 0 Å². The molecule has 2 N–H and O–H groups in total. The molecule has 1 saturated heterocycles. The molecule has 0 bridgehead atoms. The van der Waals surface area contributed by atoms with E-state index in [4.69, 9.17) is 5.73 Å². The summed E-state index contributed by atoms with van der Waals surface area (Å²) in [5.74, 6) is 0.851. The van der Waals surface area contributed by atoms with E-state index in [1.807, 2.05) is 0 Å². The summed E-state index contributed by atoms with van der Waals surface area (Å²) < 4.78 is 0. The Labute approximate surface area is 118 Å². The molecule has 1 heterocycles. The van der Waals surface area contributed by atoms with Crippen molar-refractivity contribution in [3.8, 4) is 0 Å². The fraction of sp³-hybridized carbons (Fsp3) is 0.647. The van der Waals surface area contributed by atoms with Gasteiger partial charge in [-0.2, -0.15) is 0 Å². The van der Waals surface area contributed by atoms with Crippen molar-refractivity contribution in [2.45, 2.75) is 52.6 Å². The Morgan fingerprint density at radius 1 is 1.26 bits per heavy atom. The highest BCUT2D eigenvalue weighted by molar-refractivity contribution is 5.32. The molecule has 106 valence electrons. The lowest BCUT2D eigenvalue weighted by Crippen LogP contribution is -2.44. The molecule has 1 aromatic rings. The Morgan fingerprint density at radius 2 is 2.00 bits per heavy atom. The first kappa shape index (κ1) is 14.5. The smallest absolute Gasteiger partial charge is 0.0473 e. The molecule has 1 aliphatic rings. The highest BCUT2D eigenvalue weighted by atomic mass is 15.2. The maximum Gasteiger partial charge on any atom is 0.0473 e. The third-order valence-electron chi connectivity index (χ3n) is 4.73. The zero-order chi connectivity index (χ0) is 14.0. The van der Waals surface area contributed by atoms with Crippen LogP contribution < -0.4 is 5.73 Å². The van der Waals surface area contributed by atoms with Gasteiger partial charge in [-0.1, -0.05) is 25.1 Å². The zero-order valence-corrected chi connectivity index (χ0v) is 12.8. The van der Waals surface area contributed by atoms with Crippen molar-refractivity contribution in [1.29, 1.82) is 0 Å². The summed E-state index contributed by atoms with van der Waals surface area (Å²) in [6.45, 7) is 11.0. The van der Waals surface area contributed by atoms with Crippen molar-refractivity contribution >= 4 is 0 Å². The number of aryl methyl sites for hydroxylation is 2. The molecule has 3 atom stereocenters. The molecule has 1 aliphatic heterocycles. The molecular formula is C17H28N2. The number of nitrogens with two attached hydrogens (primary N) is 1. The number of benzene rings is 1. The lowest BCUT2D eigenvalue weighted by molar-refractivity contribution is 0.0847. The van der Waals surface area contributed by atoms with Crippen LogP contribution in [0.3, 0.4) is 0 Å². The van der Waals surface area contributed by atoms with E-state index in [0.717, 1.165) is 5.92 Å². The van der Waals surface area contributed by atoms with E-state index in [2.05, 4.69) is 50.8 Å². The Hall–Kier alpha value is -0.860. The molecule has 2 heteroatoms. The number of rotatable bonds is 3. The molecular weight excluding hydrogens is 232 g/mol. The monoisotopic (exact) mass is 260 g/mol. The topological polar surface area (TPSA) is 29.3 Å². The third-order valence-corrected chi connectivity index (χ3v) is 4.73. The Kier molecular flexibility index (Phi) is 4.64. The Balaban J connectivity index is 2.21. The Morgan fingerprint density at radius 3 is 2.58 bits per heavy atom. The van der Waals surface area contributed by atoms with Crippen molar-refractivity contribution in [2.24, 2.45) is 11.7 Å². The lowest BCUT2D eigenvalue weighted by Gasteiger charge is -2.41. The minimum absolute atomic E-state index is 0.377. The Bertz CT molecular complexity index is 427. The highest BCUT2D eigenvalue weighted by Gasteiger charge is 2.29. The average molecular weight is 260 g/mol. The van der Waals surface area contributed by atoms with Crippen LogP contribution in [0.4, 0.5) is 0 Å². The number of likely N-dealkylation sites (tertiary alicyclic amines) is 1. The second-order valence-corrected chi connectivity index (χ2v) is 6.31. The fourth-order valence-corrected chi connectivity index (χ4v) is 3.32. The molecule has 2 nitrogen and oxygen atoms in total. The van der Waals surface area contributed by atoms with Gasteiger partial charge in [-0.15, -0.1) is 0 Å². The molecule has 3 unspecified atom stereocenters. The molecule has 0 saturated carbocycles.